The van der Waals surface area contributed by atoms with Gasteiger partial charge in [0.2, 0.25) is 0 Å². The number of methoxy groups -OCH3 is 1. The molecule has 19 heavy (non-hydrogen) atoms. The van der Waals surface area contributed by atoms with Crippen LogP contribution in [-0.4, -0.2) is 31.2 Å². The lowest BCUT2D eigenvalue weighted by molar-refractivity contribution is 0.296. The van der Waals surface area contributed by atoms with E-state index in [1.165, 1.54) is 24.2 Å². The van der Waals surface area contributed by atoms with Gasteiger partial charge in [0, 0.05) is 24.1 Å². The lowest BCUT2D eigenvalue weighted by Gasteiger charge is -2.36. The van der Waals surface area contributed by atoms with Crippen LogP contribution in [0.2, 0.25) is 0 Å². The second kappa shape index (κ2) is 7.61. The normalized spacial score (nSPS) is 21.7. The second-order valence-corrected chi connectivity index (χ2v) is 6.11. The van der Waals surface area contributed by atoms with Crippen molar-refractivity contribution in [3.63, 3.8) is 0 Å². The van der Waals surface area contributed by atoms with E-state index in [-0.39, 0.29) is 0 Å². The average molecular weight is 277 g/mol. The maximum Gasteiger partial charge on any atom is 0.118 e. The van der Waals surface area contributed by atoms with Crippen LogP contribution in [0.1, 0.15) is 24.3 Å². The fourth-order valence-corrected chi connectivity index (χ4v) is 3.03. The van der Waals surface area contributed by atoms with Crippen molar-refractivity contribution in [3.8, 4) is 5.75 Å². The molecule has 3 heteroatoms. The van der Waals surface area contributed by atoms with Crippen LogP contribution in [0.3, 0.4) is 0 Å². The van der Waals surface area contributed by atoms with Crippen LogP contribution >= 0.6 is 11.8 Å². The average Bonchev–Trinajstić information content (AvgIpc) is 2.41. The van der Waals surface area contributed by atoms with Gasteiger partial charge in [0.15, 0.2) is 0 Å². The third kappa shape index (κ3) is 4.29. The SMILES string of the molecule is C=CCSCCNC1CC(c2ccc(OC)cc2)C1. The van der Waals surface area contributed by atoms with Crippen LogP contribution in [0.25, 0.3) is 0 Å². The number of thioether (sulfide) groups is 1. The lowest BCUT2D eigenvalue weighted by Crippen LogP contribution is -2.41. The van der Waals surface area contributed by atoms with Crippen LogP contribution in [0.5, 0.6) is 5.75 Å². The Hall–Kier alpha value is -0.930. The number of nitrogens with one attached hydrogen (secondary N) is 1. The summed E-state index contributed by atoms with van der Waals surface area (Å²) < 4.78 is 5.19. The van der Waals surface area contributed by atoms with Crippen LogP contribution < -0.4 is 10.1 Å². The second-order valence-electron chi connectivity index (χ2n) is 4.96. The first-order valence-electron chi connectivity index (χ1n) is 6.89. The van der Waals surface area contributed by atoms with Gasteiger partial charge in [-0.25, -0.2) is 0 Å². The van der Waals surface area contributed by atoms with Crippen molar-refractivity contribution in [2.45, 2.75) is 24.8 Å². The smallest absolute Gasteiger partial charge is 0.118 e. The van der Waals surface area contributed by atoms with Gasteiger partial charge in [-0.15, -0.1) is 6.58 Å². The van der Waals surface area contributed by atoms with Gasteiger partial charge in [0.1, 0.15) is 5.75 Å². The zero-order valence-electron chi connectivity index (χ0n) is 11.6. The molecule has 0 heterocycles. The summed E-state index contributed by atoms with van der Waals surface area (Å²) in [6, 6.07) is 9.21. The summed E-state index contributed by atoms with van der Waals surface area (Å²) in [5.41, 5.74) is 1.44. The largest absolute Gasteiger partial charge is 0.497 e. The van der Waals surface area contributed by atoms with Crippen molar-refractivity contribution in [1.29, 1.82) is 0 Å². The third-order valence-corrected chi connectivity index (χ3v) is 4.60. The van der Waals surface area contributed by atoms with E-state index in [0.29, 0.717) is 6.04 Å². The van der Waals surface area contributed by atoms with E-state index in [1.54, 1.807) is 7.11 Å². The van der Waals surface area contributed by atoms with Crippen LogP contribution in [-0.2, 0) is 0 Å². The highest BCUT2D eigenvalue weighted by Gasteiger charge is 2.29. The molecule has 0 bridgehead atoms. The molecular formula is C16H23NOS. The fourth-order valence-electron chi connectivity index (χ4n) is 2.43. The van der Waals surface area contributed by atoms with Gasteiger partial charge in [0.25, 0.3) is 0 Å². The van der Waals surface area contributed by atoms with Crippen molar-refractivity contribution >= 4 is 11.8 Å². The molecule has 0 spiro atoms. The van der Waals surface area contributed by atoms with Gasteiger partial charge < -0.3 is 10.1 Å². The molecule has 1 N–H and O–H groups in total. The van der Waals surface area contributed by atoms with Gasteiger partial charge in [0.05, 0.1) is 7.11 Å². The Kier molecular flexibility index (Phi) is 5.80. The Bertz CT molecular complexity index is 384. The third-order valence-electron chi connectivity index (χ3n) is 3.64. The Morgan fingerprint density at radius 1 is 1.37 bits per heavy atom. The number of rotatable bonds is 8. The summed E-state index contributed by atoms with van der Waals surface area (Å²) in [5.74, 6) is 3.90. The summed E-state index contributed by atoms with van der Waals surface area (Å²) in [6.07, 6.45) is 4.49. The summed E-state index contributed by atoms with van der Waals surface area (Å²) in [7, 11) is 1.71. The fraction of sp³-hybridized carbons (Fsp3) is 0.500. The molecule has 0 amide bonds. The number of ether oxygens (including phenoxy) is 1. The lowest BCUT2D eigenvalue weighted by atomic mass is 9.76. The summed E-state index contributed by atoms with van der Waals surface area (Å²) in [4.78, 5) is 0. The quantitative estimate of drug-likeness (QED) is 0.581. The molecule has 0 aromatic heterocycles. The highest BCUT2D eigenvalue weighted by molar-refractivity contribution is 7.99. The molecule has 1 saturated carbocycles. The molecule has 1 aliphatic rings. The molecule has 0 radical (unpaired) electrons. The van der Waals surface area contributed by atoms with Crippen molar-refractivity contribution in [2.24, 2.45) is 0 Å². The first kappa shape index (κ1) is 14.5. The van der Waals surface area contributed by atoms with Crippen molar-refractivity contribution in [2.75, 3.05) is 25.2 Å². The molecular weight excluding hydrogens is 254 g/mol. The van der Waals surface area contributed by atoms with E-state index in [0.717, 1.165) is 24.0 Å². The summed E-state index contributed by atoms with van der Waals surface area (Å²) in [6.45, 7) is 4.84. The van der Waals surface area contributed by atoms with E-state index in [1.807, 2.05) is 17.8 Å². The minimum atomic E-state index is 0.705. The van der Waals surface area contributed by atoms with Gasteiger partial charge in [-0.1, -0.05) is 18.2 Å². The van der Waals surface area contributed by atoms with Gasteiger partial charge in [-0.2, -0.15) is 11.8 Å². The first-order valence-corrected chi connectivity index (χ1v) is 8.05. The maximum atomic E-state index is 5.19. The molecule has 104 valence electrons. The zero-order chi connectivity index (χ0) is 13.5. The number of hydrogen-bond acceptors (Lipinski definition) is 3. The van der Waals surface area contributed by atoms with Crippen LogP contribution in [0.15, 0.2) is 36.9 Å². The van der Waals surface area contributed by atoms with Gasteiger partial charge in [-0.05, 0) is 36.5 Å². The summed E-state index contributed by atoms with van der Waals surface area (Å²) in [5, 5.41) is 3.62. The zero-order valence-corrected chi connectivity index (χ0v) is 12.4. The van der Waals surface area contributed by atoms with Crippen molar-refractivity contribution in [1.82, 2.24) is 5.32 Å². The van der Waals surface area contributed by atoms with Gasteiger partial charge >= 0.3 is 0 Å². The number of hydrogen-bond donors (Lipinski definition) is 1. The molecule has 1 fully saturated rings. The van der Waals surface area contributed by atoms with Gasteiger partial charge in [-0.3, -0.25) is 0 Å². The predicted octanol–water partition coefficient (Wildman–Crippen LogP) is 3.45. The predicted molar refractivity (Wildman–Crippen MR) is 84.3 cm³/mol. The highest BCUT2D eigenvalue weighted by Crippen LogP contribution is 2.37. The molecule has 1 aliphatic carbocycles. The Morgan fingerprint density at radius 3 is 2.74 bits per heavy atom. The summed E-state index contributed by atoms with van der Waals surface area (Å²) >= 11 is 1.94. The van der Waals surface area contributed by atoms with E-state index in [4.69, 9.17) is 4.74 Å². The molecule has 0 aliphatic heterocycles. The van der Waals surface area contributed by atoms with Crippen molar-refractivity contribution in [3.05, 3.63) is 42.5 Å². The molecule has 2 nitrogen and oxygen atoms in total. The van der Waals surface area contributed by atoms with Crippen molar-refractivity contribution < 1.29 is 4.74 Å². The minimum absolute atomic E-state index is 0.705. The molecule has 0 saturated heterocycles. The van der Waals surface area contributed by atoms with E-state index in [2.05, 4.69) is 36.2 Å². The monoisotopic (exact) mass is 277 g/mol. The molecule has 1 aromatic carbocycles. The van der Waals surface area contributed by atoms with Crippen LogP contribution in [0.4, 0.5) is 0 Å². The van der Waals surface area contributed by atoms with Crippen LogP contribution in [0, 0.1) is 0 Å². The van der Waals surface area contributed by atoms with E-state index in [9.17, 15) is 0 Å². The maximum absolute atomic E-state index is 5.19. The molecule has 2 rings (SSSR count). The Labute approximate surface area is 120 Å². The minimum Gasteiger partial charge on any atom is -0.497 e. The molecule has 1 aromatic rings. The molecule has 0 unspecified atom stereocenters. The number of benzene rings is 1. The van der Waals surface area contributed by atoms with E-state index >= 15 is 0 Å². The highest BCUT2D eigenvalue weighted by atomic mass is 32.2. The van der Waals surface area contributed by atoms with E-state index < -0.39 is 0 Å². The first-order chi connectivity index (χ1) is 9.33. The standard InChI is InChI=1S/C16H23NOS/c1-3-9-19-10-8-17-15-11-14(12-15)13-4-6-16(18-2)7-5-13/h3-7,14-15,17H,1,8-12H2,2H3. The molecule has 0 atom stereocenters. The Balaban J connectivity index is 1.63. The topological polar surface area (TPSA) is 21.3 Å². The Morgan fingerprint density at radius 2 is 2.11 bits per heavy atom.